The van der Waals surface area contributed by atoms with Crippen LogP contribution in [0.3, 0.4) is 0 Å². The zero-order valence-electron chi connectivity index (χ0n) is 28.0. The molecule has 2 fully saturated rings. The van der Waals surface area contributed by atoms with E-state index in [1.54, 1.807) is 17.1 Å². The first kappa shape index (κ1) is 33.3. The lowest BCUT2D eigenvalue weighted by Crippen LogP contribution is -2.57. The van der Waals surface area contributed by atoms with E-state index in [0.29, 0.717) is 42.9 Å². The SMILES string of the molecule is CC(C)(C)[Si](C)(C)Oc1ccc2c(c1)[C@@]13O[C@@]1(CCCC3=O)[C@H](C#C/C=C\C#C[Si](C)(C)C)N2C(=O)OCC[Si](C)(C)C. The fourth-order valence-corrected chi connectivity index (χ4v) is 7.76. The molecule has 1 aromatic carbocycles. The highest BCUT2D eigenvalue weighted by atomic mass is 28.4. The van der Waals surface area contributed by atoms with Gasteiger partial charge >= 0.3 is 6.09 Å². The second kappa shape index (κ2) is 11.4. The van der Waals surface area contributed by atoms with E-state index < -0.39 is 47.8 Å². The van der Waals surface area contributed by atoms with E-state index in [1.165, 1.54) is 0 Å². The van der Waals surface area contributed by atoms with Gasteiger partial charge in [-0.1, -0.05) is 77.8 Å². The number of ether oxygens (including phenoxy) is 2. The van der Waals surface area contributed by atoms with E-state index in [9.17, 15) is 9.59 Å². The predicted molar refractivity (Wildman–Crippen MR) is 182 cm³/mol. The number of ketones is 1. The minimum absolute atomic E-state index is 0.00153. The van der Waals surface area contributed by atoms with E-state index in [2.05, 4.69) is 96.5 Å². The number of allylic oxidation sites excluding steroid dienone is 2. The largest absolute Gasteiger partial charge is 0.543 e. The van der Waals surface area contributed by atoms with Gasteiger partial charge in [0.05, 0.1) is 12.3 Å². The molecule has 2 heterocycles. The zero-order valence-corrected chi connectivity index (χ0v) is 31.0. The number of epoxide rings is 1. The second-order valence-electron chi connectivity index (χ2n) is 15.8. The van der Waals surface area contributed by atoms with Crippen LogP contribution in [-0.2, 0) is 19.9 Å². The summed E-state index contributed by atoms with van der Waals surface area (Å²) in [6.45, 7) is 24.7. The molecule has 6 nitrogen and oxygen atoms in total. The lowest BCUT2D eigenvalue weighted by atomic mass is 9.68. The Balaban J connectivity index is 1.81. The molecule has 232 valence electrons. The number of amides is 1. The standard InChI is InChI=1S/C34H49NO5Si3/c1-32(2,3)43(10,11)39-26-19-20-28-27(25-26)34-30(36)18-16-21-33(34,40-34)29(17-14-12-13-15-23-41(4,5)6)35(28)31(37)38-22-24-42(7,8)9/h12-13,19-20,25,29H,16,18,21-22,24H2,1-11H3/b13-12-/t29-,33-,34-/m0/s1. The summed E-state index contributed by atoms with van der Waals surface area (Å²) in [4.78, 5) is 29.3. The third-order valence-corrected chi connectivity index (χ3v) is 15.9. The molecule has 1 saturated heterocycles. The molecule has 1 saturated carbocycles. The Bertz CT molecular complexity index is 1440. The number of carbonyl (C=O) groups is 2. The first-order valence-electron chi connectivity index (χ1n) is 15.5. The van der Waals surface area contributed by atoms with Crippen LogP contribution in [0.2, 0.25) is 63.5 Å². The average Bonchev–Trinajstić information content (AvgIpc) is 3.57. The molecule has 9 heteroatoms. The van der Waals surface area contributed by atoms with Gasteiger partial charge < -0.3 is 13.9 Å². The topological polar surface area (TPSA) is 68.4 Å². The Morgan fingerprint density at radius 1 is 1.09 bits per heavy atom. The average molecular weight is 636 g/mol. The third kappa shape index (κ3) is 6.61. The Kier molecular flexibility index (Phi) is 8.85. The Labute approximate surface area is 262 Å². The number of hydrogen-bond acceptors (Lipinski definition) is 5. The van der Waals surface area contributed by atoms with Gasteiger partial charge in [-0.3, -0.25) is 9.69 Å². The molecule has 0 spiro atoms. The van der Waals surface area contributed by atoms with E-state index in [-0.39, 0.29) is 10.8 Å². The summed E-state index contributed by atoms with van der Waals surface area (Å²) in [5.41, 5.74) is 2.54. The molecule has 0 aromatic heterocycles. The number of rotatable bonds is 5. The minimum atomic E-state index is -2.16. The maximum absolute atomic E-state index is 13.9. The monoisotopic (exact) mass is 635 g/mol. The fourth-order valence-electron chi connectivity index (χ4n) is 5.51. The summed E-state index contributed by atoms with van der Waals surface area (Å²) in [7, 11) is -5.09. The number of carbonyl (C=O) groups excluding carboxylic acids is 2. The van der Waals surface area contributed by atoms with Crippen LogP contribution in [-0.4, -0.2) is 54.6 Å². The van der Waals surface area contributed by atoms with Gasteiger partial charge in [-0.15, -0.1) is 5.54 Å². The van der Waals surface area contributed by atoms with Crippen LogP contribution in [0.4, 0.5) is 10.5 Å². The van der Waals surface area contributed by atoms with Crippen molar-refractivity contribution in [1.29, 1.82) is 0 Å². The minimum Gasteiger partial charge on any atom is -0.543 e. The van der Waals surface area contributed by atoms with Crippen LogP contribution in [0.25, 0.3) is 0 Å². The smallest absolute Gasteiger partial charge is 0.415 e. The van der Waals surface area contributed by atoms with Gasteiger partial charge in [-0.05, 0) is 67.4 Å². The lowest BCUT2D eigenvalue weighted by molar-refractivity contribution is -0.125. The summed E-state index contributed by atoms with van der Waals surface area (Å²) in [6.07, 6.45) is 4.76. The van der Waals surface area contributed by atoms with Crippen LogP contribution in [0, 0.1) is 23.3 Å². The van der Waals surface area contributed by atoms with Crippen molar-refractivity contribution in [3.8, 4) is 29.1 Å². The first-order valence-corrected chi connectivity index (χ1v) is 25.6. The van der Waals surface area contributed by atoms with Crippen LogP contribution < -0.4 is 9.33 Å². The molecule has 0 bridgehead atoms. The Morgan fingerprint density at radius 3 is 2.40 bits per heavy atom. The van der Waals surface area contributed by atoms with Crippen molar-refractivity contribution in [2.75, 3.05) is 11.5 Å². The molecule has 43 heavy (non-hydrogen) atoms. The lowest BCUT2D eigenvalue weighted by Gasteiger charge is -2.41. The van der Waals surface area contributed by atoms with E-state index in [4.69, 9.17) is 13.9 Å². The maximum atomic E-state index is 13.9. The number of nitrogens with zero attached hydrogens (tertiary/aromatic N) is 1. The third-order valence-electron chi connectivity index (χ3n) is 8.91. The van der Waals surface area contributed by atoms with Gasteiger partial charge in [-0.2, -0.15) is 0 Å². The highest BCUT2D eigenvalue weighted by Crippen LogP contribution is 2.69. The number of hydrogen-bond donors (Lipinski definition) is 0. The van der Waals surface area contributed by atoms with Crippen molar-refractivity contribution in [3.63, 3.8) is 0 Å². The van der Waals surface area contributed by atoms with Gasteiger partial charge in [-0.25, -0.2) is 4.79 Å². The first-order chi connectivity index (χ1) is 19.7. The summed E-state index contributed by atoms with van der Waals surface area (Å²) >= 11 is 0. The molecule has 0 unspecified atom stereocenters. The summed E-state index contributed by atoms with van der Waals surface area (Å²) < 4.78 is 19.2. The molecular weight excluding hydrogens is 587 g/mol. The molecule has 3 atom stereocenters. The summed E-state index contributed by atoms with van der Waals surface area (Å²) in [5, 5.41) is 0.00153. The molecular formula is C34H49NO5Si3. The van der Waals surface area contributed by atoms with Crippen molar-refractivity contribution in [1.82, 2.24) is 0 Å². The van der Waals surface area contributed by atoms with Gasteiger partial charge in [0.2, 0.25) is 8.32 Å². The Morgan fingerprint density at radius 2 is 1.77 bits per heavy atom. The number of anilines is 1. The van der Waals surface area contributed by atoms with Crippen LogP contribution >= 0.6 is 0 Å². The molecule has 2 aliphatic heterocycles. The van der Waals surface area contributed by atoms with Crippen LogP contribution in [0.15, 0.2) is 30.4 Å². The van der Waals surface area contributed by atoms with Gasteiger partial charge in [0.25, 0.3) is 0 Å². The normalized spacial score (nSPS) is 25.0. The number of benzene rings is 1. The van der Waals surface area contributed by atoms with Crippen LogP contribution in [0.1, 0.15) is 45.6 Å². The van der Waals surface area contributed by atoms with Crippen LogP contribution in [0.5, 0.6) is 5.75 Å². The van der Waals surface area contributed by atoms with Crippen molar-refractivity contribution >= 4 is 42.0 Å². The molecule has 1 aromatic rings. The van der Waals surface area contributed by atoms with E-state index >= 15 is 0 Å². The maximum Gasteiger partial charge on any atom is 0.415 e. The zero-order chi connectivity index (χ0) is 32.1. The van der Waals surface area contributed by atoms with Crippen molar-refractivity contribution in [2.24, 2.45) is 0 Å². The van der Waals surface area contributed by atoms with Crippen molar-refractivity contribution in [3.05, 3.63) is 35.9 Å². The quantitative estimate of drug-likeness (QED) is 0.187. The highest BCUT2D eigenvalue weighted by molar-refractivity contribution is 6.83. The highest BCUT2D eigenvalue weighted by Gasteiger charge is 2.82. The fraction of sp³-hybridized carbons (Fsp3) is 0.588. The van der Waals surface area contributed by atoms with Crippen molar-refractivity contribution in [2.45, 2.75) is 121 Å². The van der Waals surface area contributed by atoms with Gasteiger partial charge in [0.15, 0.2) is 11.4 Å². The van der Waals surface area contributed by atoms with Gasteiger partial charge in [0.1, 0.15) is 25.5 Å². The summed E-state index contributed by atoms with van der Waals surface area (Å²) in [6, 6.07) is 5.89. The predicted octanol–water partition coefficient (Wildman–Crippen LogP) is 7.89. The molecule has 4 rings (SSSR count). The molecule has 0 radical (unpaired) electrons. The Hall–Kier alpha value is -2.57. The molecule has 0 N–H and O–H groups in total. The number of Topliss-reactive ketones (excluding diaryl/α,β-unsaturated/α-hetero) is 1. The van der Waals surface area contributed by atoms with E-state index in [0.717, 1.165) is 6.04 Å². The van der Waals surface area contributed by atoms with Crippen molar-refractivity contribution < 1.29 is 23.5 Å². The number of fused-ring (bicyclic) bond motifs is 1. The van der Waals surface area contributed by atoms with E-state index in [1.807, 2.05) is 18.2 Å². The van der Waals surface area contributed by atoms with Gasteiger partial charge in [0, 0.05) is 20.1 Å². The summed E-state index contributed by atoms with van der Waals surface area (Å²) in [5.74, 6) is 10.3. The molecule has 3 aliphatic rings. The molecule has 1 aliphatic carbocycles. The second-order valence-corrected chi connectivity index (χ2v) is 30.9. The molecule has 1 amide bonds.